The van der Waals surface area contributed by atoms with E-state index in [1.54, 1.807) is 16.2 Å². The molecule has 3 aromatic heterocycles. The molecule has 4 aromatic rings. The maximum atomic E-state index is 12.8. The molecule has 172 valence electrons. The van der Waals surface area contributed by atoms with Crippen LogP contribution in [-0.2, 0) is 18.4 Å². The van der Waals surface area contributed by atoms with E-state index in [9.17, 15) is 4.79 Å². The van der Waals surface area contributed by atoms with E-state index in [1.807, 2.05) is 38.2 Å². The van der Waals surface area contributed by atoms with Gasteiger partial charge in [0.25, 0.3) is 0 Å². The molecule has 1 aliphatic heterocycles. The lowest BCUT2D eigenvalue weighted by molar-refractivity contribution is 0.000763. The van der Waals surface area contributed by atoms with Crippen molar-refractivity contribution in [1.29, 1.82) is 0 Å². The number of piperidine rings is 1. The van der Waals surface area contributed by atoms with E-state index in [1.165, 1.54) is 0 Å². The normalized spacial score (nSPS) is 15.8. The molecule has 1 saturated heterocycles. The minimum absolute atomic E-state index is 0.0165. The molecule has 0 amide bonds. The zero-order chi connectivity index (χ0) is 23.1. The van der Waals surface area contributed by atoms with Crippen molar-refractivity contribution in [2.45, 2.75) is 45.4 Å². The zero-order valence-electron chi connectivity index (χ0n) is 19.7. The van der Waals surface area contributed by atoms with Gasteiger partial charge in [0.1, 0.15) is 5.52 Å². The summed E-state index contributed by atoms with van der Waals surface area (Å²) in [5.74, 6) is 0. The predicted molar refractivity (Wildman–Crippen MR) is 129 cm³/mol. The number of imidazole rings is 1. The van der Waals surface area contributed by atoms with Gasteiger partial charge in [-0.25, -0.2) is 4.79 Å². The fraction of sp³-hybridized carbons (Fsp3) is 0.440. The topological polar surface area (TPSA) is 78.1 Å². The van der Waals surface area contributed by atoms with Gasteiger partial charge in [-0.15, -0.1) is 10.2 Å². The third-order valence-corrected chi connectivity index (χ3v) is 6.57. The number of aromatic nitrogens is 5. The number of nitrogens with zero attached hydrogens (tertiary/aromatic N) is 6. The average molecular weight is 447 g/mol. The third kappa shape index (κ3) is 4.05. The summed E-state index contributed by atoms with van der Waals surface area (Å²) in [7, 11) is 3.89. The van der Waals surface area contributed by atoms with Crippen molar-refractivity contribution < 1.29 is 4.74 Å². The van der Waals surface area contributed by atoms with E-state index < -0.39 is 0 Å². The van der Waals surface area contributed by atoms with Crippen molar-refractivity contribution in [1.82, 2.24) is 29.2 Å². The molecule has 0 aliphatic carbocycles. The Morgan fingerprint density at radius 3 is 2.52 bits per heavy atom. The van der Waals surface area contributed by atoms with Gasteiger partial charge >= 0.3 is 5.69 Å². The van der Waals surface area contributed by atoms with Crippen molar-refractivity contribution in [3.63, 3.8) is 0 Å². The van der Waals surface area contributed by atoms with Crippen LogP contribution in [0.5, 0.6) is 0 Å². The molecule has 0 bridgehead atoms. The number of hydrogen-bond donors (Lipinski definition) is 0. The number of hydrogen-bond acceptors (Lipinski definition) is 6. The number of likely N-dealkylation sites (tertiary alicyclic amines) is 1. The molecule has 8 heteroatoms. The minimum Gasteiger partial charge on any atom is -0.372 e. The van der Waals surface area contributed by atoms with Crippen molar-refractivity contribution in [3.05, 3.63) is 52.7 Å². The Morgan fingerprint density at radius 1 is 1.06 bits per heavy atom. The molecule has 1 fully saturated rings. The Morgan fingerprint density at radius 2 is 1.82 bits per heavy atom. The summed E-state index contributed by atoms with van der Waals surface area (Å²) in [5.41, 5.74) is 5.07. The van der Waals surface area contributed by atoms with Crippen LogP contribution in [0.4, 0.5) is 0 Å². The Bertz CT molecular complexity index is 1350. The SMILES string of the molecule is CC(C)n1c(=O)n(C)c2nnc3ccc(-c4ccc(COC5CCN(C)CC5)nc4)cc3c21. The lowest BCUT2D eigenvalue weighted by Gasteiger charge is -2.28. The standard InChI is InChI=1S/C25H30N6O2/c1-16(2)31-23-21-13-17(6-8-22(21)27-28-24(23)30(4)25(31)32)18-5-7-19(26-14-18)15-33-20-9-11-29(3)12-10-20/h5-8,13-14,16,20H,9-12,15H2,1-4H3. The summed E-state index contributed by atoms with van der Waals surface area (Å²) in [6.07, 6.45) is 4.35. The molecule has 4 heterocycles. The predicted octanol–water partition coefficient (Wildman–Crippen LogP) is 3.54. The summed E-state index contributed by atoms with van der Waals surface area (Å²) in [5, 5.41) is 9.58. The second-order valence-corrected chi connectivity index (χ2v) is 9.26. The van der Waals surface area contributed by atoms with Crippen LogP contribution in [0, 0.1) is 0 Å². The monoisotopic (exact) mass is 446 g/mol. The second-order valence-electron chi connectivity index (χ2n) is 9.26. The Kier molecular flexibility index (Phi) is 5.72. The first-order chi connectivity index (χ1) is 15.9. The van der Waals surface area contributed by atoms with E-state index in [4.69, 9.17) is 4.74 Å². The summed E-state index contributed by atoms with van der Waals surface area (Å²) in [6, 6.07) is 10.2. The van der Waals surface area contributed by atoms with Crippen LogP contribution >= 0.6 is 0 Å². The highest BCUT2D eigenvalue weighted by Gasteiger charge is 2.19. The van der Waals surface area contributed by atoms with Gasteiger partial charge in [0, 0.05) is 43.3 Å². The molecule has 1 aromatic carbocycles. The number of rotatable bonds is 5. The molecule has 0 unspecified atom stereocenters. The van der Waals surface area contributed by atoms with Crippen LogP contribution in [0.25, 0.3) is 33.2 Å². The first-order valence-electron chi connectivity index (χ1n) is 11.5. The molecule has 0 N–H and O–H groups in total. The first-order valence-corrected chi connectivity index (χ1v) is 11.5. The molecular formula is C25H30N6O2. The number of ether oxygens (including phenoxy) is 1. The van der Waals surface area contributed by atoms with Crippen LogP contribution in [-0.4, -0.2) is 55.5 Å². The van der Waals surface area contributed by atoms with E-state index in [0.717, 1.165) is 59.2 Å². The van der Waals surface area contributed by atoms with Crippen molar-refractivity contribution in [2.75, 3.05) is 20.1 Å². The van der Waals surface area contributed by atoms with Gasteiger partial charge in [-0.2, -0.15) is 0 Å². The quantitative estimate of drug-likeness (QED) is 0.467. The smallest absolute Gasteiger partial charge is 0.330 e. The van der Waals surface area contributed by atoms with Gasteiger partial charge in [0.15, 0.2) is 5.65 Å². The van der Waals surface area contributed by atoms with Crippen LogP contribution in [0.3, 0.4) is 0 Å². The van der Waals surface area contributed by atoms with Crippen molar-refractivity contribution in [3.8, 4) is 11.1 Å². The van der Waals surface area contributed by atoms with Gasteiger partial charge in [-0.1, -0.05) is 12.1 Å². The highest BCUT2D eigenvalue weighted by molar-refractivity contribution is 6.02. The van der Waals surface area contributed by atoms with Crippen molar-refractivity contribution >= 4 is 22.1 Å². The lowest BCUT2D eigenvalue weighted by Crippen LogP contribution is -2.34. The van der Waals surface area contributed by atoms with E-state index in [0.29, 0.717) is 18.4 Å². The Hall–Kier alpha value is -3.10. The van der Waals surface area contributed by atoms with E-state index >= 15 is 0 Å². The lowest BCUT2D eigenvalue weighted by atomic mass is 10.0. The van der Waals surface area contributed by atoms with Gasteiger partial charge in [-0.3, -0.25) is 14.1 Å². The summed E-state index contributed by atoms with van der Waals surface area (Å²) < 4.78 is 9.43. The highest BCUT2D eigenvalue weighted by atomic mass is 16.5. The van der Waals surface area contributed by atoms with E-state index in [2.05, 4.69) is 39.3 Å². The summed E-state index contributed by atoms with van der Waals surface area (Å²) in [6.45, 7) is 6.72. The molecule has 0 spiro atoms. The molecule has 0 atom stereocenters. The molecule has 0 radical (unpaired) electrons. The van der Waals surface area contributed by atoms with E-state index in [-0.39, 0.29) is 11.7 Å². The fourth-order valence-electron chi connectivity index (χ4n) is 4.59. The molecule has 5 rings (SSSR count). The van der Waals surface area contributed by atoms with Crippen LogP contribution < -0.4 is 5.69 Å². The highest BCUT2D eigenvalue weighted by Crippen LogP contribution is 2.28. The molecule has 1 aliphatic rings. The van der Waals surface area contributed by atoms with Crippen LogP contribution in [0.1, 0.15) is 38.4 Å². The average Bonchev–Trinajstić information content (AvgIpc) is 3.09. The van der Waals surface area contributed by atoms with Crippen molar-refractivity contribution in [2.24, 2.45) is 7.05 Å². The maximum Gasteiger partial charge on any atom is 0.330 e. The number of aryl methyl sites for hydroxylation is 1. The largest absolute Gasteiger partial charge is 0.372 e. The third-order valence-electron chi connectivity index (χ3n) is 6.57. The van der Waals surface area contributed by atoms with Gasteiger partial charge in [0.2, 0.25) is 0 Å². The molecular weight excluding hydrogens is 416 g/mol. The van der Waals surface area contributed by atoms with Gasteiger partial charge < -0.3 is 9.64 Å². The minimum atomic E-state index is -0.0807. The summed E-state index contributed by atoms with van der Waals surface area (Å²) in [4.78, 5) is 19.8. The van der Waals surface area contributed by atoms with Crippen LogP contribution in [0.2, 0.25) is 0 Å². The second kappa shape index (κ2) is 8.68. The molecule has 0 saturated carbocycles. The number of benzene rings is 1. The zero-order valence-corrected chi connectivity index (χ0v) is 19.7. The molecule has 33 heavy (non-hydrogen) atoms. The first kappa shape index (κ1) is 21.7. The fourth-order valence-corrected chi connectivity index (χ4v) is 4.59. The Labute approximate surface area is 192 Å². The van der Waals surface area contributed by atoms with Gasteiger partial charge in [-0.05, 0) is 57.5 Å². The maximum absolute atomic E-state index is 12.8. The number of pyridine rings is 1. The summed E-state index contributed by atoms with van der Waals surface area (Å²) >= 11 is 0. The Balaban J connectivity index is 1.44. The van der Waals surface area contributed by atoms with Gasteiger partial charge in [0.05, 0.1) is 23.9 Å². The van der Waals surface area contributed by atoms with Crippen LogP contribution in [0.15, 0.2) is 41.3 Å². The molecule has 8 nitrogen and oxygen atoms in total. The number of fused-ring (bicyclic) bond motifs is 3.